The van der Waals surface area contributed by atoms with E-state index in [2.05, 4.69) is 10.5 Å². The second-order valence-corrected chi connectivity index (χ2v) is 4.77. The predicted molar refractivity (Wildman–Crippen MR) is 82.9 cm³/mol. The third kappa shape index (κ3) is 3.95. The molecule has 0 atom stereocenters. The quantitative estimate of drug-likeness (QED) is 0.449. The van der Waals surface area contributed by atoms with Crippen LogP contribution in [0.5, 0.6) is 11.5 Å². The third-order valence-electron chi connectivity index (χ3n) is 2.79. The van der Waals surface area contributed by atoms with Crippen LogP contribution in [0.1, 0.15) is 15.9 Å². The lowest BCUT2D eigenvalue weighted by Gasteiger charge is -2.03. The molecule has 0 unspecified atom stereocenters. The van der Waals surface area contributed by atoms with Crippen LogP contribution in [0.25, 0.3) is 0 Å². The minimum absolute atomic E-state index is 0.0925. The molecule has 2 aromatic rings. The summed E-state index contributed by atoms with van der Waals surface area (Å²) in [6.45, 7) is 0. The molecule has 0 aliphatic rings. The molecule has 0 radical (unpaired) electrons. The van der Waals surface area contributed by atoms with Crippen molar-refractivity contribution >= 4 is 29.4 Å². The topological polar surface area (TPSA) is 125 Å². The summed E-state index contributed by atoms with van der Waals surface area (Å²) in [6.07, 6.45) is 1.14. The summed E-state index contributed by atoms with van der Waals surface area (Å²) in [5, 5.41) is 33.3. The summed E-state index contributed by atoms with van der Waals surface area (Å²) in [4.78, 5) is 21.9. The van der Waals surface area contributed by atoms with Crippen molar-refractivity contribution in [1.82, 2.24) is 5.43 Å². The SMILES string of the molecule is O=C(NN=Cc1cc([N+](=O)[O-])ccc1Cl)c1ccc(O)cc1O. The molecule has 0 saturated carbocycles. The molecule has 3 N–H and O–H groups in total. The van der Waals surface area contributed by atoms with E-state index >= 15 is 0 Å². The van der Waals surface area contributed by atoms with Crippen LogP contribution < -0.4 is 5.43 Å². The number of phenols is 2. The number of halogens is 1. The van der Waals surface area contributed by atoms with Crippen LogP contribution in [-0.2, 0) is 0 Å². The van der Waals surface area contributed by atoms with E-state index < -0.39 is 16.6 Å². The summed E-state index contributed by atoms with van der Waals surface area (Å²) in [6, 6.07) is 7.25. The number of nitrogens with one attached hydrogen (secondary N) is 1. The van der Waals surface area contributed by atoms with Crippen molar-refractivity contribution in [1.29, 1.82) is 0 Å². The van der Waals surface area contributed by atoms with Crippen LogP contribution in [-0.4, -0.2) is 27.3 Å². The van der Waals surface area contributed by atoms with Gasteiger partial charge in [-0.3, -0.25) is 14.9 Å². The first-order valence-electron chi connectivity index (χ1n) is 6.18. The number of hydrazone groups is 1. The summed E-state index contributed by atoms with van der Waals surface area (Å²) in [5.41, 5.74) is 2.13. The molecule has 0 aliphatic carbocycles. The van der Waals surface area contributed by atoms with Gasteiger partial charge >= 0.3 is 0 Å². The molecule has 1 amide bonds. The molecule has 0 heterocycles. The second-order valence-electron chi connectivity index (χ2n) is 4.36. The minimum atomic E-state index is -0.722. The Bertz CT molecular complexity index is 807. The van der Waals surface area contributed by atoms with E-state index in [-0.39, 0.29) is 27.6 Å². The van der Waals surface area contributed by atoms with Gasteiger partial charge < -0.3 is 10.2 Å². The number of non-ortho nitro benzene ring substituents is 1. The van der Waals surface area contributed by atoms with Gasteiger partial charge in [0, 0.05) is 28.8 Å². The molecule has 2 aromatic carbocycles. The lowest BCUT2D eigenvalue weighted by molar-refractivity contribution is -0.384. The first-order chi connectivity index (χ1) is 10.9. The Morgan fingerprint density at radius 1 is 1.26 bits per heavy atom. The van der Waals surface area contributed by atoms with Crippen LogP contribution >= 0.6 is 11.6 Å². The fourth-order valence-corrected chi connectivity index (χ4v) is 1.84. The zero-order chi connectivity index (χ0) is 17.0. The van der Waals surface area contributed by atoms with Crippen LogP contribution in [0.3, 0.4) is 0 Å². The van der Waals surface area contributed by atoms with Crippen molar-refractivity contribution in [3.63, 3.8) is 0 Å². The molecule has 9 heteroatoms. The molecule has 2 rings (SSSR count). The first-order valence-corrected chi connectivity index (χ1v) is 6.55. The Balaban J connectivity index is 2.14. The Morgan fingerprint density at radius 2 is 2.00 bits per heavy atom. The van der Waals surface area contributed by atoms with Gasteiger partial charge in [0.2, 0.25) is 0 Å². The maximum absolute atomic E-state index is 11.8. The van der Waals surface area contributed by atoms with Gasteiger partial charge in [-0.15, -0.1) is 0 Å². The molecule has 0 aliphatic heterocycles. The highest BCUT2D eigenvalue weighted by atomic mass is 35.5. The first kappa shape index (κ1) is 16.2. The molecule has 23 heavy (non-hydrogen) atoms. The average Bonchev–Trinajstić information content (AvgIpc) is 2.48. The molecular formula is C14H10ClN3O5. The molecular weight excluding hydrogens is 326 g/mol. The lowest BCUT2D eigenvalue weighted by atomic mass is 10.2. The zero-order valence-corrected chi connectivity index (χ0v) is 12.2. The van der Waals surface area contributed by atoms with Gasteiger partial charge in [0.15, 0.2) is 0 Å². The lowest BCUT2D eigenvalue weighted by Crippen LogP contribution is -2.17. The maximum atomic E-state index is 11.8. The summed E-state index contributed by atoms with van der Waals surface area (Å²) in [5.74, 6) is -1.32. The van der Waals surface area contributed by atoms with Crippen molar-refractivity contribution in [3.8, 4) is 11.5 Å². The number of carbonyl (C=O) groups excluding carboxylic acids is 1. The number of hydrogen-bond donors (Lipinski definition) is 3. The van der Waals surface area contributed by atoms with Gasteiger partial charge in [-0.1, -0.05) is 11.6 Å². The number of aromatic hydroxyl groups is 2. The van der Waals surface area contributed by atoms with Crippen LogP contribution in [0, 0.1) is 10.1 Å². The summed E-state index contributed by atoms with van der Waals surface area (Å²) >= 11 is 5.88. The zero-order valence-electron chi connectivity index (χ0n) is 11.4. The van der Waals surface area contributed by atoms with Gasteiger partial charge in [0.25, 0.3) is 11.6 Å². The number of rotatable bonds is 4. The number of nitro benzene ring substituents is 1. The second kappa shape index (κ2) is 6.75. The average molecular weight is 336 g/mol. The van der Waals surface area contributed by atoms with Gasteiger partial charge in [0.1, 0.15) is 11.5 Å². The fraction of sp³-hybridized carbons (Fsp3) is 0. The molecule has 0 fully saturated rings. The van der Waals surface area contributed by atoms with E-state index in [0.717, 1.165) is 12.3 Å². The van der Waals surface area contributed by atoms with Gasteiger partial charge in [0.05, 0.1) is 16.7 Å². The summed E-state index contributed by atoms with van der Waals surface area (Å²) < 4.78 is 0. The Morgan fingerprint density at radius 3 is 2.65 bits per heavy atom. The van der Waals surface area contributed by atoms with Crippen molar-refractivity contribution in [3.05, 3.63) is 62.7 Å². The molecule has 118 valence electrons. The Hall–Kier alpha value is -3.13. The van der Waals surface area contributed by atoms with Crippen LogP contribution in [0.4, 0.5) is 5.69 Å². The highest BCUT2D eigenvalue weighted by molar-refractivity contribution is 6.33. The third-order valence-corrected chi connectivity index (χ3v) is 3.13. The van der Waals surface area contributed by atoms with Gasteiger partial charge in [-0.25, -0.2) is 5.43 Å². The highest BCUT2D eigenvalue weighted by Gasteiger charge is 2.11. The van der Waals surface area contributed by atoms with Crippen LogP contribution in [0.2, 0.25) is 5.02 Å². The Kier molecular flexibility index (Phi) is 4.77. The van der Waals surface area contributed by atoms with E-state index in [9.17, 15) is 20.0 Å². The monoisotopic (exact) mass is 335 g/mol. The Labute approximate surface area is 134 Å². The van der Waals surface area contributed by atoms with Crippen molar-refractivity contribution in [2.24, 2.45) is 5.10 Å². The van der Waals surface area contributed by atoms with Crippen molar-refractivity contribution in [2.45, 2.75) is 0 Å². The number of carbonyl (C=O) groups is 1. The van der Waals surface area contributed by atoms with E-state index in [1.165, 1.54) is 30.3 Å². The van der Waals surface area contributed by atoms with Crippen molar-refractivity contribution < 1.29 is 19.9 Å². The van der Waals surface area contributed by atoms with E-state index in [0.29, 0.717) is 0 Å². The molecule has 0 spiro atoms. The number of hydrogen-bond acceptors (Lipinski definition) is 6. The fourth-order valence-electron chi connectivity index (χ4n) is 1.68. The van der Waals surface area contributed by atoms with E-state index in [4.69, 9.17) is 16.7 Å². The molecule has 0 bridgehead atoms. The number of phenolic OH excluding ortho intramolecular Hbond substituents is 2. The standard InChI is InChI=1S/C14H10ClN3O5/c15-12-4-1-9(18(22)23)5-8(12)7-16-17-14(21)11-3-2-10(19)6-13(11)20/h1-7,19-20H,(H,17,21). The number of benzene rings is 2. The van der Waals surface area contributed by atoms with Gasteiger partial charge in [-0.2, -0.15) is 5.10 Å². The largest absolute Gasteiger partial charge is 0.508 e. The minimum Gasteiger partial charge on any atom is -0.508 e. The normalized spacial score (nSPS) is 10.7. The maximum Gasteiger partial charge on any atom is 0.275 e. The van der Waals surface area contributed by atoms with Crippen molar-refractivity contribution in [2.75, 3.05) is 0 Å². The molecule has 0 saturated heterocycles. The van der Waals surface area contributed by atoms with Gasteiger partial charge in [-0.05, 0) is 18.2 Å². The summed E-state index contributed by atoms with van der Waals surface area (Å²) in [7, 11) is 0. The number of nitrogens with zero attached hydrogens (tertiary/aromatic N) is 2. The number of amides is 1. The molecule has 0 aromatic heterocycles. The molecule has 8 nitrogen and oxygen atoms in total. The van der Waals surface area contributed by atoms with Crippen LogP contribution in [0.15, 0.2) is 41.5 Å². The smallest absolute Gasteiger partial charge is 0.275 e. The highest BCUT2D eigenvalue weighted by Crippen LogP contribution is 2.22. The van der Waals surface area contributed by atoms with E-state index in [1.807, 2.05) is 0 Å². The predicted octanol–water partition coefficient (Wildman–Crippen LogP) is 2.42. The van der Waals surface area contributed by atoms with E-state index in [1.54, 1.807) is 0 Å². The number of nitro groups is 1.